The lowest BCUT2D eigenvalue weighted by Crippen LogP contribution is -2.20. The lowest BCUT2D eigenvalue weighted by Gasteiger charge is -2.22. The van der Waals surface area contributed by atoms with E-state index in [2.05, 4.69) is 9.98 Å². The monoisotopic (exact) mass is 246 g/mol. The lowest BCUT2D eigenvalue weighted by atomic mass is 9.86. The second-order valence-electron chi connectivity index (χ2n) is 3.86. The highest BCUT2D eigenvalue weighted by atomic mass is 16.4. The van der Waals surface area contributed by atoms with Gasteiger partial charge in [-0.2, -0.15) is 0 Å². The molecule has 2 radical (unpaired) electrons. The molecule has 0 spiro atoms. The number of dihydropyridines is 2. The van der Waals surface area contributed by atoms with Crippen molar-refractivity contribution >= 4 is 24.4 Å². The van der Waals surface area contributed by atoms with Crippen LogP contribution in [0.3, 0.4) is 0 Å². The van der Waals surface area contributed by atoms with Crippen molar-refractivity contribution in [3.63, 3.8) is 0 Å². The molecular formula is C12H10N2O4. The molecule has 0 amide bonds. The lowest BCUT2D eigenvalue weighted by molar-refractivity contribution is -0.133. The number of nitrogens with zero attached hydrogens (tertiary/aromatic N) is 2. The summed E-state index contributed by atoms with van der Waals surface area (Å²) in [6, 6.07) is 0. The van der Waals surface area contributed by atoms with Crippen molar-refractivity contribution in [2.75, 3.05) is 0 Å². The van der Waals surface area contributed by atoms with Crippen LogP contribution < -0.4 is 0 Å². The number of hydrogen-bond donors (Lipinski definition) is 2. The fourth-order valence-electron chi connectivity index (χ4n) is 1.71. The van der Waals surface area contributed by atoms with E-state index in [1.54, 1.807) is 13.1 Å². The van der Waals surface area contributed by atoms with Gasteiger partial charge in [-0.15, -0.1) is 0 Å². The molecule has 2 aliphatic heterocycles. The number of aliphatic carboxylic acids is 2. The van der Waals surface area contributed by atoms with Gasteiger partial charge in [0.15, 0.2) is 0 Å². The summed E-state index contributed by atoms with van der Waals surface area (Å²) in [6.07, 6.45) is 5.58. The van der Waals surface area contributed by atoms with Gasteiger partial charge in [0.25, 0.3) is 0 Å². The Balaban J connectivity index is 2.18. The molecule has 6 nitrogen and oxygen atoms in total. The summed E-state index contributed by atoms with van der Waals surface area (Å²) >= 11 is 0. The predicted molar refractivity (Wildman–Crippen MR) is 64.0 cm³/mol. The summed E-state index contributed by atoms with van der Waals surface area (Å²) < 4.78 is 0. The zero-order valence-corrected chi connectivity index (χ0v) is 9.22. The molecule has 6 heteroatoms. The van der Waals surface area contributed by atoms with Gasteiger partial charge in [-0.1, -0.05) is 12.2 Å². The molecule has 0 aromatic rings. The molecule has 2 rings (SSSR count). The Kier molecular flexibility index (Phi) is 3.36. The topological polar surface area (TPSA) is 99.3 Å². The Morgan fingerprint density at radius 1 is 0.889 bits per heavy atom. The van der Waals surface area contributed by atoms with E-state index >= 15 is 0 Å². The van der Waals surface area contributed by atoms with Gasteiger partial charge in [-0.25, -0.2) is 9.59 Å². The molecule has 2 aliphatic rings. The highest BCUT2D eigenvalue weighted by Crippen LogP contribution is 2.28. The first-order chi connectivity index (χ1) is 8.58. The molecule has 0 aliphatic carbocycles. The van der Waals surface area contributed by atoms with Gasteiger partial charge >= 0.3 is 11.9 Å². The van der Waals surface area contributed by atoms with Gasteiger partial charge in [0, 0.05) is 24.3 Å². The summed E-state index contributed by atoms with van der Waals surface area (Å²) in [7, 11) is 0. The largest absolute Gasteiger partial charge is 0.478 e. The van der Waals surface area contributed by atoms with Gasteiger partial charge in [0.05, 0.1) is 24.2 Å². The van der Waals surface area contributed by atoms with Gasteiger partial charge < -0.3 is 10.2 Å². The van der Waals surface area contributed by atoms with Crippen LogP contribution in [0.2, 0.25) is 0 Å². The van der Waals surface area contributed by atoms with Crippen LogP contribution in [0.4, 0.5) is 0 Å². The van der Waals surface area contributed by atoms with Crippen LogP contribution in [0, 0.1) is 24.9 Å². The van der Waals surface area contributed by atoms with E-state index in [0.29, 0.717) is 0 Å². The molecule has 2 heterocycles. The molecule has 2 N–H and O–H groups in total. The zero-order valence-electron chi connectivity index (χ0n) is 9.22. The average molecular weight is 246 g/mol. The quantitative estimate of drug-likeness (QED) is 0.766. The normalized spacial score (nSPS) is 26.4. The highest BCUT2D eigenvalue weighted by molar-refractivity contribution is 6.10. The van der Waals surface area contributed by atoms with E-state index in [4.69, 9.17) is 10.2 Å². The van der Waals surface area contributed by atoms with Crippen LogP contribution >= 0.6 is 0 Å². The Hall–Kier alpha value is -2.24. The molecule has 2 unspecified atom stereocenters. The molecule has 0 aromatic carbocycles. The summed E-state index contributed by atoms with van der Waals surface area (Å²) in [6.45, 7) is 3.15. The Morgan fingerprint density at radius 3 is 1.61 bits per heavy atom. The first kappa shape index (κ1) is 12.2. The summed E-state index contributed by atoms with van der Waals surface area (Å²) in [5.74, 6) is -2.71. The van der Waals surface area contributed by atoms with Gasteiger partial charge in [-0.05, 0) is 0 Å². The molecule has 92 valence electrons. The second kappa shape index (κ2) is 4.95. The third kappa shape index (κ3) is 2.53. The van der Waals surface area contributed by atoms with Crippen LogP contribution in [-0.2, 0) is 9.59 Å². The molecule has 0 saturated heterocycles. The van der Waals surface area contributed by atoms with Crippen molar-refractivity contribution in [2.24, 2.45) is 21.8 Å². The fourth-order valence-corrected chi connectivity index (χ4v) is 1.71. The first-order valence-corrected chi connectivity index (χ1v) is 5.21. The van der Waals surface area contributed by atoms with Crippen LogP contribution in [0.15, 0.2) is 33.3 Å². The Morgan fingerprint density at radius 2 is 1.28 bits per heavy atom. The SMILES string of the molecule is O=C(O)C1=CC(C2[CH]N=CC(C(=O)O)=C2)[CH]N=C1. The molecule has 0 saturated carbocycles. The highest BCUT2D eigenvalue weighted by Gasteiger charge is 2.25. The minimum absolute atomic E-state index is 0.0933. The number of hydrogen-bond acceptors (Lipinski definition) is 4. The predicted octanol–water partition coefficient (Wildman–Crippen LogP) is 0.733. The third-order valence-corrected chi connectivity index (χ3v) is 2.63. The van der Waals surface area contributed by atoms with Gasteiger partial charge in [0.1, 0.15) is 0 Å². The van der Waals surface area contributed by atoms with E-state index in [1.165, 1.54) is 24.6 Å². The van der Waals surface area contributed by atoms with Crippen LogP contribution in [0.5, 0.6) is 0 Å². The molecular weight excluding hydrogens is 236 g/mol. The molecule has 2 atom stereocenters. The number of carboxylic acids is 2. The number of rotatable bonds is 3. The van der Waals surface area contributed by atoms with E-state index in [1.807, 2.05) is 0 Å². The molecule has 18 heavy (non-hydrogen) atoms. The smallest absolute Gasteiger partial charge is 0.336 e. The zero-order chi connectivity index (χ0) is 13.1. The molecule has 0 bridgehead atoms. The van der Waals surface area contributed by atoms with Crippen molar-refractivity contribution in [2.45, 2.75) is 0 Å². The fraction of sp³-hybridized carbons (Fsp3) is 0.167. The minimum Gasteiger partial charge on any atom is -0.478 e. The van der Waals surface area contributed by atoms with Crippen LogP contribution in [-0.4, -0.2) is 34.6 Å². The van der Waals surface area contributed by atoms with E-state index in [9.17, 15) is 9.59 Å². The van der Waals surface area contributed by atoms with Crippen molar-refractivity contribution in [1.82, 2.24) is 0 Å². The summed E-state index contributed by atoms with van der Waals surface area (Å²) in [5.41, 5.74) is 0.187. The van der Waals surface area contributed by atoms with Crippen molar-refractivity contribution in [3.8, 4) is 0 Å². The molecule has 0 fully saturated rings. The number of carbonyl (C=O) groups is 2. The van der Waals surface area contributed by atoms with E-state index in [0.717, 1.165) is 0 Å². The van der Waals surface area contributed by atoms with Crippen molar-refractivity contribution in [1.29, 1.82) is 0 Å². The maximum Gasteiger partial charge on any atom is 0.336 e. The molecule has 0 aromatic heterocycles. The van der Waals surface area contributed by atoms with Gasteiger partial charge in [0.2, 0.25) is 0 Å². The second-order valence-corrected chi connectivity index (χ2v) is 3.86. The van der Waals surface area contributed by atoms with Crippen molar-refractivity contribution in [3.05, 3.63) is 36.4 Å². The standard InChI is InChI=1S/C12H10N2O4/c15-11(16)9-1-7(3-13-5-9)8-2-10(12(17)18)6-14-4-8/h1-8H,(H,15,16)(H,17,18). The Labute approximate surface area is 103 Å². The van der Waals surface area contributed by atoms with Crippen molar-refractivity contribution < 1.29 is 19.8 Å². The number of aliphatic imine (C=N–C) groups is 2. The summed E-state index contributed by atoms with van der Waals surface area (Å²) in [4.78, 5) is 29.4. The summed E-state index contributed by atoms with van der Waals surface area (Å²) in [5, 5.41) is 17.7. The van der Waals surface area contributed by atoms with Gasteiger partial charge in [-0.3, -0.25) is 9.98 Å². The Bertz CT molecular complexity index is 456. The third-order valence-electron chi connectivity index (χ3n) is 2.63. The maximum absolute atomic E-state index is 10.8. The average Bonchev–Trinajstić information content (AvgIpc) is 2.39. The first-order valence-electron chi connectivity index (χ1n) is 5.21. The van der Waals surface area contributed by atoms with Crippen LogP contribution in [0.25, 0.3) is 0 Å². The minimum atomic E-state index is -1.06. The maximum atomic E-state index is 10.8. The van der Waals surface area contributed by atoms with E-state index in [-0.39, 0.29) is 23.0 Å². The van der Waals surface area contributed by atoms with E-state index < -0.39 is 11.9 Å². The van der Waals surface area contributed by atoms with Crippen LogP contribution in [0.1, 0.15) is 0 Å². The number of carboxylic acid groups (broad SMARTS) is 2.